The van der Waals surface area contributed by atoms with Crippen LogP contribution in [-0.2, 0) is 0 Å². The summed E-state index contributed by atoms with van der Waals surface area (Å²) >= 11 is 0. The zero-order valence-corrected chi connectivity index (χ0v) is 12.6. The van der Waals surface area contributed by atoms with Crippen LogP contribution >= 0.6 is 0 Å². The average molecular weight is 264 g/mol. The van der Waals surface area contributed by atoms with Gasteiger partial charge in [-0.05, 0) is 50.9 Å². The van der Waals surface area contributed by atoms with Gasteiger partial charge in [-0.3, -0.25) is 4.98 Å². The molecule has 1 N–H and O–H groups in total. The van der Waals surface area contributed by atoms with Crippen molar-refractivity contribution in [3.63, 3.8) is 0 Å². The van der Waals surface area contributed by atoms with E-state index in [1.54, 1.807) is 6.20 Å². The van der Waals surface area contributed by atoms with Gasteiger partial charge in [0, 0.05) is 6.20 Å². The van der Waals surface area contributed by atoms with Gasteiger partial charge < -0.3 is 10.1 Å². The monoisotopic (exact) mass is 264 g/mol. The molecule has 0 aliphatic carbocycles. The molecule has 108 valence electrons. The van der Waals surface area contributed by atoms with Crippen molar-refractivity contribution in [3.8, 4) is 5.75 Å². The standard InChI is InChI=1S/C16H28N2O/c1-14(2)13-17-10-6-4-5-7-12-19-16-9-8-11-18-15(16)3/h8-9,11,14,17H,4-7,10,12-13H2,1-3H3. The molecule has 0 aliphatic rings. The van der Waals surface area contributed by atoms with E-state index in [1.807, 2.05) is 19.1 Å². The molecule has 0 saturated carbocycles. The maximum absolute atomic E-state index is 5.72. The van der Waals surface area contributed by atoms with Gasteiger partial charge in [-0.25, -0.2) is 0 Å². The molecule has 0 aliphatic heterocycles. The van der Waals surface area contributed by atoms with Crippen molar-refractivity contribution in [1.82, 2.24) is 10.3 Å². The maximum atomic E-state index is 5.72. The second-order valence-corrected chi connectivity index (χ2v) is 5.45. The van der Waals surface area contributed by atoms with Crippen LogP contribution in [0.1, 0.15) is 45.2 Å². The molecule has 1 rings (SSSR count). The van der Waals surface area contributed by atoms with E-state index < -0.39 is 0 Å². The van der Waals surface area contributed by atoms with Crippen molar-refractivity contribution >= 4 is 0 Å². The third-order valence-corrected chi connectivity index (χ3v) is 3.02. The largest absolute Gasteiger partial charge is 0.492 e. The van der Waals surface area contributed by atoms with E-state index in [-0.39, 0.29) is 0 Å². The van der Waals surface area contributed by atoms with Crippen molar-refractivity contribution < 1.29 is 4.74 Å². The Morgan fingerprint density at radius 3 is 2.74 bits per heavy atom. The number of aryl methyl sites for hydroxylation is 1. The average Bonchev–Trinajstić information content (AvgIpc) is 2.38. The molecule has 3 heteroatoms. The number of nitrogens with one attached hydrogen (secondary N) is 1. The Labute approximate surface area is 117 Å². The SMILES string of the molecule is Cc1ncccc1OCCCCCCNCC(C)C. The Bertz CT molecular complexity index is 339. The molecule has 3 nitrogen and oxygen atoms in total. The lowest BCUT2D eigenvalue weighted by atomic mass is 10.2. The van der Waals surface area contributed by atoms with Crippen molar-refractivity contribution in [3.05, 3.63) is 24.0 Å². The topological polar surface area (TPSA) is 34.1 Å². The molecule has 0 fully saturated rings. The second-order valence-electron chi connectivity index (χ2n) is 5.45. The highest BCUT2D eigenvalue weighted by molar-refractivity contribution is 5.25. The second kappa shape index (κ2) is 9.79. The quantitative estimate of drug-likeness (QED) is 0.656. The van der Waals surface area contributed by atoms with Crippen LogP contribution in [0.25, 0.3) is 0 Å². The summed E-state index contributed by atoms with van der Waals surface area (Å²) < 4.78 is 5.72. The highest BCUT2D eigenvalue weighted by Gasteiger charge is 1.98. The zero-order chi connectivity index (χ0) is 13.9. The first-order valence-corrected chi connectivity index (χ1v) is 7.45. The molecule has 0 saturated heterocycles. The Balaban J connectivity index is 1.93. The van der Waals surface area contributed by atoms with Crippen LogP contribution in [0.4, 0.5) is 0 Å². The molecular formula is C16H28N2O. The molecule has 0 radical (unpaired) electrons. The molecule has 0 unspecified atom stereocenters. The van der Waals surface area contributed by atoms with Gasteiger partial charge in [-0.15, -0.1) is 0 Å². The van der Waals surface area contributed by atoms with Gasteiger partial charge >= 0.3 is 0 Å². The molecule has 0 atom stereocenters. The predicted molar refractivity (Wildman–Crippen MR) is 80.6 cm³/mol. The first-order chi connectivity index (χ1) is 9.20. The van der Waals surface area contributed by atoms with Gasteiger partial charge in [-0.2, -0.15) is 0 Å². The summed E-state index contributed by atoms with van der Waals surface area (Å²) in [6.07, 6.45) is 6.70. The molecule has 1 heterocycles. The lowest BCUT2D eigenvalue weighted by Gasteiger charge is -2.08. The van der Waals surface area contributed by atoms with E-state index >= 15 is 0 Å². The van der Waals surface area contributed by atoms with Crippen LogP contribution in [0.3, 0.4) is 0 Å². The van der Waals surface area contributed by atoms with Crippen LogP contribution < -0.4 is 10.1 Å². The number of hydrogen-bond acceptors (Lipinski definition) is 3. The van der Waals surface area contributed by atoms with Gasteiger partial charge in [0.1, 0.15) is 5.75 Å². The Kier molecular flexibility index (Phi) is 8.23. The first-order valence-electron chi connectivity index (χ1n) is 7.45. The van der Waals surface area contributed by atoms with Crippen molar-refractivity contribution in [2.24, 2.45) is 5.92 Å². The molecule has 0 amide bonds. The number of ether oxygens (including phenoxy) is 1. The molecule has 0 spiro atoms. The number of hydrogen-bond donors (Lipinski definition) is 1. The summed E-state index contributed by atoms with van der Waals surface area (Å²) in [5.41, 5.74) is 0.973. The minimum atomic E-state index is 0.746. The number of pyridine rings is 1. The van der Waals surface area contributed by atoms with Gasteiger partial charge in [0.25, 0.3) is 0 Å². The fourth-order valence-corrected chi connectivity index (χ4v) is 1.90. The molecule has 0 bridgehead atoms. The van der Waals surface area contributed by atoms with E-state index in [1.165, 1.54) is 19.3 Å². The van der Waals surface area contributed by atoms with Gasteiger partial charge in [-0.1, -0.05) is 26.7 Å². The van der Waals surface area contributed by atoms with Gasteiger partial charge in [0.05, 0.1) is 12.3 Å². The fourth-order valence-electron chi connectivity index (χ4n) is 1.90. The Morgan fingerprint density at radius 1 is 1.21 bits per heavy atom. The minimum Gasteiger partial charge on any atom is -0.492 e. The minimum absolute atomic E-state index is 0.746. The third-order valence-electron chi connectivity index (χ3n) is 3.02. The highest BCUT2D eigenvalue weighted by Crippen LogP contribution is 2.14. The van der Waals surface area contributed by atoms with E-state index in [0.717, 1.165) is 43.5 Å². The summed E-state index contributed by atoms with van der Waals surface area (Å²) in [6, 6.07) is 3.90. The lowest BCUT2D eigenvalue weighted by molar-refractivity contribution is 0.301. The summed E-state index contributed by atoms with van der Waals surface area (Å²) in [4.78, 5) is 4.21. The summed E-state index contributed by atoms with van der Waals surface area (Å²) in [5.74, 6) is 1.66. The van der Waals surface area contributed by atoms with Crippen LogP contribution in [0, 0.1) is 12.8 Å². The smallest absolute Gasteiger partial charge is 0.140 e. The van der Waals surface area contributed by atoms with Crippen LogP contribution in [0.2, 0.25) is 0 Å². The zero-order valence-electron chi connectivity index (χ0n) is 12.6. The van der Waals surface area contributed by atoms with Crippen molar-refractivity contribution in [2.45, 2.75) is 46.5 Å². The van der Waals surface area contributed by atoms with Crippen LogP contribution in [0.15, 0.2) is 18.3 Å². The lowest BCUT2D eigenvalue weighted by Crippen LogP contribution is -2.20. The van der Waals surface area contributed by atoms with Crippen molar-refractivity contribution in [2.75, 3.05) is 19.7 Å². The summed E-state index contributed by atoms with van der Waals surface area (Å²) in [5, 5.41) is 3.47. The summed E-state index contributed by atoms with van der Waals surface area (Å²) in [6.45, 7) is 9.53. The highest BCUT2D eigenvalue weighted by atomic mass is 16.5. The number of nitrogens with zero attached hydrogens (tertiary/aromatic N) is 1. The molecule has 1 aromatic heterocycles. The third kappa shape index (κ3) is 7.83. The molecule has 0 aromatic carbocycles. The predicted octanol–water partition coefficient (Wildman–Crippen LogP) is 3.57. The molecule has 1 aromatic rings. The Morgan fingerprint density at radius 2 is 2.00 bits per heavy atom. The molecule has 19 heavy (non-hydrogen) atoms. The number of rotatable bonds is 10. The normalized spacial score (nSPS) is 10.9. The van der Waals surface area contributed by atoms with Crippen molar-refractivity contribution in [1.29, 1.82) is 0 Å². The van der Waals surface area contributed by atoms with E-state index in [0.29, 0.717) is 0 Å². The van der Waals surface area contributed by atoms with Crippen LogP contribution in [0.5, 0.6) is 5.75 Å². The number of unbranched alkanes of at least 4 members (excludes halogenated alkanes) is 3. The summed E-state index contributed by atoms with van der Waals surface area (Å²) in [7, 11) is 0. The Hall–Kier alpha value is -1.09. The van der Waals surface area contributed by atoms with E-state index in [2.05, 4.69) is 24.1 Å². The first kappa shape index (κ1) is 16.0. The maximum Gasteiger partial charge on any atom is 0.140 e. The van der Waals surface area contributed by atoms with Crippen LogP contribution in [-0.4, -0.2) is 24.7 Å². The number of aromatic nitrogens is 1. The fraction of sp³-hybridized carbons (Fsp3) is 0.688. The van der Waals surface area contributed by atoms with E-state index in [4.69, 9.17) is 4.74 Å². The van der Waals surface area contributed by atoms with Gasteiger partial charge in [0.15, 0.2) is 0 Å². The van der Waals surface area contributed by atoms with Gasteiger partial charge in [0.2, 0.25) is 0 Å². The van der Waals surface area contributed by atoms with E-state index in [9.17, 15) is 0 Å². The molecular weight excluding hydrogens is 236 g/mol.